The van der Waals surface area contributed by atoms with E-state index in [9.17, 15) is 4.79 Å². The highest BCUT2D eigenvalue weighted by Gasteiger charge is 2.51. The molecule has 0 spiro atoms. The van der Waals surface area contributed by atoms with Crippen LogP contribution in [0, 0.1) is 0 Å². The third-order valence-corrected chi connectivity index (χ3v) is 5.45. The van der Waals surface area contributed by atoms with Gasteiger partial charge in [0.2, 0.25) is 0 Å². The van der Waals surface area contributed by atoms with Crippen molar-refractivity contribution in [1.29, 1.82) is 0 Å². The largest absolute Gasteiger partial charge is 0.494 e. The Labute approximate surface area is 149 Å². The molecule has 1 amide bonds. The van der Waals surface area contributed by atoms with Crippen LogP contribution in [-0.2, 0) is 9.31 Å². The number of hydrogen-bond donors (Lipinski definition) is 2. The highest BCUT2D eigenvalue weighted by molar-refractivity contribution is 6.62. The fraction of sp³-hybridized carbons (Fsp3) is 0.611. The predicted molar refractivity (Wildman–Crippen MR) is 95.4 cm³/mol. The molecule has 2 N–H and O–H groups in total. The summed E-state index contributed by atoms with van der Waals surface area (Å²) in [6.07, 6.45) is 1.49. The topological polar surface area (TPSA) is 77.0 Å². The number of rotatable bonds is 4. The number of ether oxygens (including phenoxy) is 1. The summed E-state index contributed by atoms with van der Waals surface area (Å²) >= 11 is 0. The molecule has 2 fully saturated rings. The highest BCUT2D eigenvalue weighted by Crippen LogP contribution is 2.36. The summed E-state index contributed by atoms with van der Waals surface area (Å²) in [4.78, 5) is 10.9. The van der Waals surface area contributed by atoms with Crippen molar-refractivity contribution < 1.29 is 23.9 Å². The first-order valence-corrected chi connectivity index (χ1v) is 8.80. The minimum Gasteiger partial charge on any atom is -0.488 e. The number of benzene rings is 1. The molecule has 25 heavy (non-hydrogen) atoms. The van der Waals surface area contributed by atoms with Crippen LogP contribution in [0.1, 0.15) is 47.0 Å². The standard InChI is InChI=1S/C18H26BNO5/c1-17(2)18(3,4)25-19(24-17)12-8-10-13(11-9-12)23-15-7-5-6-14(15)20-16(21)22/h8-11,14-15,20H,5-7H2,1-4H3,(H,21,22)/t14-,15-/m1/s1. The van der Waals surface area contributed by atoms with E-state index in [2.05, 4.69) is 5.32 Å². The zero-order valence-corrected chi connectivity index (χ0v) is 15.2. The number of carbonyl (C=O) groups is 1. The quantitative estimate of drug-likeness (QED) is 0.819. The van der Waals surface area contributed by atoms with Crippen molar-refractivity contribution in [1.82, 2.24) is 5.32 Å². The molecule has 0 unspecified atom stereocenters. The van der Waals surface area contributed by atoms with E-state index >= 15 is 0 Å². The van der Waals surface area contributed by atoms with E-state index in [4.69, 9.17) is 19.2 Å². The second-order valence-electron chi connectivity index (χ2n) is 7.80. The lowest BCUT2D eigenvalue weighted by Gasteiger charge is -2.32. The Hall–Kier alpha value is -1.73. The molecule has 6 nitrogen and oxygen atoms in total. The average Bonchev–Trinajstić information content (AvgIpc) is 3.01. The number of carboxylic acid groups (broad SMARTS) is 1. The molecule has 3 rings (SSSR count). The van der Waals surface area contributed by atoms with Gasteiger partial charge in [-0.05, 0) is 64.6 Å². The Morgan fingerprint density at radius 2 is 1.76 bits per heavy atom. The number of amides is 1. The Kier molecular flexibility index (Phi) is 4.73. The van der Waals surface area contributed by atoms with Gasteiger partial charge < -0.3 is 24.5 Å². The van der Waals surface area contributed by atoms with Gasteiger partial charge in [0.05, 0.1) is 17.2 Å². The molecule has 1 aliphatic carbocycles. The van der Waals surface area contributed by atoms with Gasteiger partial charge >= 0.3 is 13.2 Å². The Morgan fingerprint density at radius 1 is 1.16 bits per heavy atom. The fourth-order valence-electron chi connectivity index (χ4n) is 3.25. The van der Waals surface area contributed by atoms with Crippen LogP contribution in [0.25, 0.3) is 0 Å². The van der Waals surface area contributed by atoms with E-state index in [0.717, 1.165) is 30.5 Å². The van der Waals surface area contributed by atoms with Crippen LogP contribution >= 0.6 is 0 Å². The van der Waals surface area contributed by atoms with Crippen LogP contribution in [0.5, 0.6) is 5.75 Å². The van der Waals surface area contributed by atoms with Crippen LogP contribution < -0.4 is 15.5 Å². The van der Waals surface area contributed by atoms with Crippen molar-refractivity contribution in [2.75, 3.05) is 0 Å². The molecule has 136 valence electrons. The van der Waals surface area contributed by atoms with Crippen LogP contribution in [0.4, 0.5) is 4.79 Å². The van der Waals surface area contributed by atoms with Crippen LogP contribution in [0.2, 0.25) is 0 Å². The third-order valence-electron chi connectivity index (χ3n) is 5.45. The summed E-state index contributed by atoms with van der Waals surface area (Å²) < 4.78 is 18.1. The average molecular weight is 347 g/mol. The van der Waals surface area contributed by atoms with E-state index in [1.54, 1.807) is 0 Å². The molecule has 1 saturated carbocycles. The van der Waals surface area contributed by atoms with Crippen molar-refractivity contribution in [3.05, 3.63) is 24.3 Å². The minimum atomic E-state index is -1.00. The zero-order chi connectivity index (χ0) is 18.2. The van der Waals surface area contributed by atoms with E-state index in [1.165, 1.54) is 0 Å². The van der Waals surface area contributed by atoms with Gasteiger partial charge in [-0.25, -0.2) is 4.79 Å². The SMILES string of the molecule is CC1(C)OB(c2ccc(O[C@@H]3CCC[C@H]3NC(=O)O)cc2)OC1(C)C. The molecule has 0 radical (unpaired) electrons. The molecule has 0 bridgehead atoms. The van der Waals surface area contributed by atoms with E-state index in [0.29, 0.717) is 0 Å². The number of hydrogen-bond acceptors (Lipinski definition) is 4. The maximum absolute atomic E-state index is 10.9. The monoisotopic (exact) mass is 347 g/mol. The Bertz CT molecular complexity index is 615. The summed E-state index contributed by atoms with van der Waals surface area (Å²) in [5.74, 6) is 0.726. The van der Waals surface area contributed by atoms with Crippen molar-refractivity contribution in [2.45, 2.75) is 70.3 Å². The molecule has 2 atom stereocenters. The Morgan fingerprint density at radius 3 is 2.32 bits per heavy atom. The second-order valence-corrected chi connectivity index (χ2v) is 7.80. The molecule has 7 heteroatoms. The van der Waals surface area contributed by atoms with Crippen molar-refractivity contribution >= 4 is 18.7 Å². The third kappa shape index (κ3) is 3.77. The molecule has 1 saturated heterocycles. The summed E-state index contributed by atoms with van der Waals surface area (Å²) in [6.45, 7) is 8.11. The van der Waals surface area contributed by atoms with Crippen molar-refractivity contribution in [2.24, 2.45) is 0 Å². The fourth-order valence-corrected chi connectivity index (χ4v) is 3.25. The molecular formula is C18H26BNO5. The lowest BCUT2D eigenvalue weighted by atomic mass is 9.79. The van der Waals surface area contributed by atoms with E-state index in [-0.39, 0.29) is 23.3 Å². The molecule has 0 aromatic heterocycles. The zero-order valence-electron chi connectivity index (χ0n) is 15.2. The highest BCUT2D eigenvalue weighted by atomic mass is 16.7. The predicted octanol–water partition coefficient (Wildman–Crippen LogP) is 2.55. The Balaban J connectivity index is 1.64. The van der Waals surface area contributed by atoms with Crippen molar-refractivity contribution in [3.8, 4) is 5.75 Å². The second kappa shape index (κ2) is 6.54. The van der Waals surface area contributed by atoms with Crippen LogP contribution in [0.3, 0.4) is 0 Å². The molecular weight excluding hydrogens is 321 g/mol. The van der Waals surface area contributed by atoms with Gasteiger partial charge in [0.25, 0.3) is 0 Å². The molecule has 1 heterocycles. The summed E-state index contributed by atoms with van der Waals surface area (Å²) in [5, 5.41) is 11.4. The molecule has 1 aromatic carbocycles. The maximum Gasteiger partial charge on any atom is 0.494 e. The van der Waals surface area contributed by atoms with Gasteiger partial charge in [-0.2, -0.15) is 0 Å². The molecule has 2 aliphatic rings. The van der Waals surface area contributed by atoms with Gasteiger partial charge in [-0.1, -0.05) is 12.1 Å². The van der Waals surface area contributed by atoms with Gasteiger partial charge in [-0.3, -0.25) is 0 Å². The number of nitrogens with one attached hydrogen (secondary N) is 1. The first-order chi connectivity index (χ1) is 11.7. The van der Waals surface area contributed by atoms with E-state index < -0.39 is 13.2 Å². The molecule has 1 aliphatic heterocycles. The minimum absolute atomic E-state index is 0.126. The molecule has 1 aromatic rings. The van der Waals surface area contributed by atoms with Crippen LogP contribution in [-0.4, -0.2) is 41.7 Å². The lowest BCUT2D eigenvalue weighted by molar-refractivity contribution is 0.00578. The summed E-state index contributed by atoms with van der Waals surface area (Å²) in [7, 11) is -0.396. The van der Waals surface area contributed by atoms with Gasteiger partial charge in [0, 0.05) is 0 Å². The van der Waals surface area contributed by atoms with Gasteiger partial charge in [0.1, 0.15) is 11.9 Å². The van der Waals surface area contributed by atoms with Crippen LogP contribution in [0.15, 0.2) is 24.3 Å². The summed E-state index contributed by atoms with van der Waals surface area (Å²) in [5.41, 5.74) is 0.205. The maximum atomic E-state index is 10.9. The first kappa shape index (κ1) is 18.1. The van der Waals surface area contributed by atoms with Crippen molar-refractivity contribution in [3.63, 3.8) is 0 Å². The van der Waals surface area contributed by atoms with Gasteiger partial charge in [0.15, 0.2) is 0 Å². The lowest BCUT2D eigenvalue weighted by Crippen LogP contribution is -2.41. The van der Waals surface area contributed by atoms with E-state index in [1.807, 2.05) is 52.0 Å². The first-order valence-electron chi connectivity index (χ1n) is 8.80. The normalized spacial score (nSPS) is 27.3. The smallest absolute Gasteiger partial charge is 0.488 e. The van der Waals surface area contributed by atoms with Gasteiger partial charge in [-0.15, -0.1) is 0 Å². The summed E-state index contributed by atoms with van der Waals surface area (Å²) in [6, 6.07) is 7.49.